The summed E-state index contributed by atoms with van der Waals surface area (Å²) in [5.74, 6) is 0.0705. The van der Waals surface area contributed by atoms with Gasteiger partial charge in [0.2, 0.25) is 5.91 Å². The number of methoxy groups -OCH3 is 1. The van der Waals surface area contributed by atoms with E-state index in [2.05, 4.69) is 14.7 Å². The molecule has 0 fully saturated rings. The molecule has 7 nitrogen and oxygen atoms in total. The zero-order chi connectivity index (χ0) is 21.3. The molecular weight excluding hydrogens is 424 g/mol. The zero-order valence-corrected chi connectivity index (χ0v) is 17.8. The molecule has 0 aliphatic rings. The van der Waals surface area contributed by atoms with Crippen molar-refractivity contribution in [2.45, 2.75) is 13.5 Å². The smallest absolute Gasteiger partial charge is 0.273 e. The molecule has 30 heavy (non-hydrogen) atoms. The molecule has 0 radical (unpaired) electrons. The van der Waals surface area contributed by atoms with Crippen LogP contribution >= 0.6 is 23.1 Å². The van der Waals surface area contributed by atoms with Gasteiger partial charge in [-0.25, -0.2) is 4.98 Å². The van der Waals surface area contributed by atoms with Crippen LogP contribution in [-0.4, -0.2) is 26.9 Å². The molecule has 0 aliphatic heterocycles. The van der Waals surface area contributed by atoms with Crippen LogP contribution in [0.2, 0.25) is 5.02 Å². The lowest BCUT2D eigenvalue weighted by molar-refractivity contribution is -0.116. The largest absolute Gasteiger partial charge is 0.495 e. The van der Waals surface area contributed by atoms with Gasteiger partial charge in [0.15, 0.2) is 0 Å². The van der Waals surface area contributed by atoms with Crippen molar-refractivity contribution in [3.05, 3.63) is 69.7 Å². The summed E-state index contributed by atoms with van der Waals surface area (Å²) in [6, 6.07) is 12.8. The number of aryl methyl sites for hydroxylation is 1. The summed E-state index contributed by atoms with van der Waals surface area (Å²) in [5.41, 5.74) is 3.30. The number of amides is 1. The molecule has 152 valence electrons. The highest BCUT2D eigenvalue weighted by Crippen LogP contribution is 2.29. The molecule has 9 heteroatoms. The van der Waals surface area contributed by atoms with Crippen LogP contribution in [0.3, 0.4) is 0 Å². The van der Waals surface area contributed by atoms with E-state index in [1.807, 2.05) is 31.2 Å². The van der Waals surface area contributed by atoms with E-state index in [1.54, 1.807) is 18.2 Å². The second-order valence-electron chi connectivity index (χ2n) is 6.65. The first-order chi connectivity index (χ1) is 14.5. The molecule has 1 amide bonds. The molecular formula is C21H17ClN4O3S. The maximum atomic E-state index is 12.9. The standard InChI is InChI=1S/C21H17ClN4O3S/c1-12-4-3-5-13(8-12)18-19-20(30-25-18)21(28)26(11-23-19)10-17(27)24-15-9-14(22)6-7-16(15)29-2/h3-9,11H,10H2,1-2H3,(H,24,27). The molecule has 4 rings (SSSR count). The minimum atomic E-state index is -0.401. The van der Waals surface area contributed by atoms with Crippen LogP contribution in [0.25, 0.3) is 21.5 Å². The Bertz CT molecular complexity index is 1320. The summed E-state index contributed by atoms with van der Waals surface area (Å²) < 4.78 is 11.3. The van der Waals surface area contributed by atoms with Crippen molar-refractivity contribution in [3.63, 3.8) is 0 Å². The number of hydrogen-bond donors (Lipinski definition) is 1. The topological polar surface area (TPSA) is 86.1 Å². The molecule has 0 saturated carbocycles. The van der Waals surface area contributed by atoms with Gasteiger partial charge in [-0.2, -0.15) is 4.37 Å². The van der Waals surface area contributed by atoms with Crippen molar-refractivity contribution in [1.29, 1.82) is 0 Å². The molecule has 0 aliphatic carbocycles. The van der Waals surface area contributed by atoms with Gasteiger partial charge in [0.1, 0.15) is 28.2 Å². The fourth-order valence-electron chi connectivity index (χ4n) is 3.07. The van der Waals surface area contributed by atoms with E-state index in [0.29, 0.717) is 32.4 Å². The number of halogens is 1. The number of rotatable bonds is 5. The highest BCUT2D eigenvalue weighted by atomic mass is 35.5. The van der Waals surface area contributed by atoms with E-state index in [-0.39, 0.29) is 12.1 Å². The number of fused-ring (bicyclic) bond motifs is 1. The predicted octanol–water partition coefficient (Wildman–Crippen LogP) is 4.13. The zero-order valence-electron chi connectivity index (χ0n) is 16.2. The van der Waals surface area contributed by atoms with Crippen molar-refractivity contribution in [1.82, 2.24) is 13.9 Å². The Balaban J connectivity index is 1.61. The van der Waals surface area contributed by atoms with E-state index in [9.17, 15) is 9.59 Å². The minimum absolute atomic E-state index is 0.199. The minimum Gasteiger partial charge on any atom is -0.495 e. The number of ether oxygens (including phenoxy) is 1. The van der Waals surface area contributed by atoms with Gasteiger partial charge in [-0.3, -0.25) is 14.2 Å². The van der Waals surface area contributed by atoms with E-state index in [4.69, 9.17) is 16.3 Å². The molecule has 0 bridgehead atoms. The molecule has 0 spiro atoms. The fraction of sp³-hybridized carbons (Fsp3) is 0.143. The van der Waals surface area contributed by atoms with E-state index in [0.717, 1.165) is 22.7 Å². The van der Waals surface area contributed by atoms with Crippen molar-refractivity contribution in [2.24, 2.45) is 0 Å². The van der Waals surface area contributed by atoms with Crippen LogP contribution in [0, 0.1) is 6.92 Å². The van der Waals surface area contributed by atoms with Crippen molar-refractivity contribution >= 4 is 44.9 Å². The van der Waals surface area contributed by atoms with Crippen LogP contribution < -0.4 is 15.6 Å². The molecule has 0 atom stereocenters. The van der Waals surface area contributed by atoms with Gasteiger partial charge < -0.3 is 10.1 Å². The number of carbonyl (C=O) groups excluding carboxylic acids is 1. The van der Waals surface area contributed by atoms with Crippen LogP contribution in [0.15, 0.2) is 53.6 Å². The third-order valence-electron chi connectivity index (χ3n) is 4.49. The quantitative estimate of drug-likeness (QED) is 0.504. The maximum absolute atomic E-state index is 12.9. The Morgan fingerprint density at radius 3 is 2.87 bits per heavy atom. The lowest BCUT2D eigenvalue weighted by Gasteiger charge is -2.11. The SMILES string of the molecule is COc1ccc(Cl)cc1NC(=O)Cn1cnc2c(-c3cccc(C)c3)nsc2c1=O. The monoisotopic (exact) mass is 440 g/mol. The number of carbonyl (C=O) groups is 1. The molecule has 0 unspecified atom stereocenters. The molecule has 0 saturated heterocycles. The average Bonchev–Trinajstić information content (AvgIpc) is 3.15. The van der Waals surface area contributed by atoms with Crippen molar-refractivity contribution in [3.8, 4) is 17.0 Å². The molecule has 2 aromatic carbocycles. The summed E-state index contributed by atoms with van der Waals surface area (Å²) in [4.78, 5) is 29.8. The number of aromatic nitrogens is 3. The Kier molecular flexibility index (Phi) is 5.52. The van der Waals surface area contributed by atoms with Gasteiger partial charge >= 0.3 is 0 Å². The van der Waals surface area contributed by atoms with Crippen LogP contribution in [-0.2, 0) is 11.3 Å². The Morgan fingerprint density at radius 1 is 1.27 bits per heavy atom. The summed E-state index contributed by atoms with van der Waals surface area (Å²) >= 11 is 7.07. The van der Waals surface area contributed by atoms with Gasteiger partial charge in [-0.15, -0.1) is 0 Å². The third-order valence-corrected chi connectivity index (χ3v) is 5.55. The number of hydrogen-bond acceptors (Lipinski definition) is 6. The summed E-state index contributed by atoms with van der Waals surface area (Å²) in [5, 5.41) is 3.17. The van der Waals surface area contributed by atoms with Crippen LogP contribution in [0.5, 0.6) is 5.75 Å². The normalized spacial score (nSPS) is 10.9. The van der Waals surface area contributed by atoms with E-state index in [1.165, 1.54) is 18.0 Å². The molecule has 1 N–H and O–H groups in total. The van der Waals surface area contributed by atoms with Gasteiger partial charge in [0.05, 0.1) is 19.1 Å². The van der Waals surface area contributed by atoms with Gasteiger partial charge in [-0.1, -0.05) is 35.4 Å². The number of anilines is 1. The number of nitrogens with one attached hydrogen (secondary N) is 1. The fourth-order valence-corrected chi connectivity index (χ4v) is 4.05. The third kappa shape index (κ3) is 3.92. The summed E-state index contributed by atoms with van der Waals surface area (Å²) in [6.07, 6.45) is 1.37. The Hall–Kier alpha value is -3.23. The van der Waals surface area contributed by atoms with Crippen LogP contribution in [0.4, 0.5) is 5.69 Å². The highest BCUT2D eigenvalue weighted by Gasteiger charge is 2.16. The van der Waals surface area contributed by atoms with Crippen LogP contribution in [0.1, 0.15) is 5.56 Å². The Labute approximate surface area is 181 Å². The van der Waals surface area contributed by atoms with Crippen molar-refractivity contribution < 1.29 is 9.53 Å². The number of nitrogens with zero attached hydrogens (tertiary/aromatic N) is 3. The van der Waals surface area contributed by atoms with Gasteiger partial charge in [-0.05, 0) is 42.7 Å². The molecule has 4 aromatic rings. The highest BCUT2D eigenvalue weighted by molar-refractivity contribution is 7.13. The van der Waals surface area contributed by atoms with Crippen molar-refractivity contribution in [2.75, 3.05) is 12.4 Å². The van der Waals surface area contributed by atoms with E-state index >= 15 is 0 Å². The second-order valence-corrected chi connectivity index (χ2v) is 7.86. The van der Waals surface area contributed by atoms with E-state index < -0.39 is 5.91 Å². The molecule has 2 aromatic heterocycles. The first kappa shape index (κ1) is 20.1. The predicted molar refractivity (Wildman–Crippen MR) is 118 cm³/mol. The second kappa shape index (κ2) is 8.25. The van der Waals surface area contributed by atoms with Gasteiger partial charge in [0.25, 0.3) is 5.56 Å². The van der Waals surface area contributed by atoms with Gasteiger partial charge in [0, 0.05) is 10.6 Å². The molecule has 2 heterocycles. The lowest BCUT2D eigenvalue weighted by atomic mass is 10.1. The first-order valence-electron chi connectivity index (χ1n) is 9.01. The summed E-state index contributed by atoms with van der Waals surface area (Å²) in [6.45, 7) is 1.79. The maximum Gasteiger partial charge on any atom is 0.273 e. The summed E-state index contributed by atoms with van der Waals surface area (Å²) in [7, 11) is 1.50. The lowest BCUT2D eigenvalue weighted by Crippen LogP contribution is -2.27. The Morgan fingerprint density at radius 2 is 2.10 bits per heavy atom. The average molecular weight is 441 g/mol. The first-order valence-corrected chi connectivity index (χ1v) is 10.2. The number of benzene rings is 2.